The van der Waals surface area contributed by atoms with Crippen molar-refractivity contribution in [3.05, 3.63) is 100 Å². The van der Waals surface area contributed by atoms with E-state index in [9.17, 15) is 4.79 Å². The molecule has 0 unspecified atom stereocenters. The first-order chi connectivity index (χ1) is 13.6. The number of aryl methyl sites for hydroxylation is 3. The molecule has 0 saturated carbocycles. The lowest BCUT2D eigenvalue weighted by molar-refractivity contribution is 0.103. The predicted molar refractivity (Wildman–Crippen MR) is 114 cm³/mol. The fourth-order valence-corrected chi connectivity index (χ4v) is 3.67. The van der Waals surface area contributed by atoms with Gasteiger partial charge in [0.1, 0.15) is 5.82 Å². The van der Waals surface area contributed by atoms with Crippen molar-refractivity contribution >= 4 is 16.8 Å². The van der Waals surface area contributed by atoms with Crippen LogP contribution >= 0.6 is 0 Å². The second-order valence-electron chi connectivity index (χ2n) is 7.31. The van der Waals surface area contributed by atoms with Crippen molar-refractivity contribution in [1.29, 1.82) is 0 Å². The SMILES string of the molecule is Cc1cc2nc(CCCc3ccccc3)[nH]c2c(C(=O)c2ccccc2)c1C. The van der Waals surface area contributed by atoms with E-state index in [1.807, 2.05) is 50.2 Å². The Morgan fingerprint density at radius 3 is 2.32 bits per heavy atom. The Morgan fingerprint density at radius 1 is 0.929 bits per heavy atom. The van der Waals surface area contributed by atoms with Gasteiger partial charge in [0.25, 0.3) is 0 Å². The quantitative estimate of drug-likeness (QED) is 0.451. The lowest BCUT2D eigenvalue weighted by Gasteiger charge is -2.09. The Bertz CT molecular complexity index is 1110. The van der Waals surface area contributed by atoms with E-state index in [1.54, 1.807) is 0 Å². The van der Waals surface area contributed by atoms with Crippen LogP contribution in [0.2, 0.25) is 0 Å². The number of H-pyrrole nitrogens is 1. The summed E-state index contributed by atoms with van der Waals surface area (Å²) in [5.41, 5.74) is 6.62. The van der Waals surface area contributed by atoms with Crippen LogP contribution in [-0.2, 0) is 12.8 Å². The molecule has 0 aliphatic rings. The largest absolute Gasteiger partial charge is 0.341 e. The molecule has 0 bridgehead atoms. The summed E-state index contributed by atoms with van der Waals surface area (Å²) >= 11 is 0. The minimum atomic E-state index is 0.0475. The maximum Gasteiger partial charge on any atom is 0.195 e. The highest BCUT2D eigenvalue weighted by Gasteiger charge is 2.19. The number of benzene rings is 3. The molecule has 0 atom stereocenters. The van der Waals surface area contributed by atoms with Crippen molar-refractivity contribution < 1.29 is 4.79 Å². The number of nitrogens with zero attached hydrogens (tertiary/aromatic N) is 1. The second kappa shape index (κ2) is 7.81. The van der Waals surface area contributed by atoms with Crippen molar-refractivity contribution in [3.63, 3.8) is 0 Å². The summed E-state index contributed by atoms with van der Waals surface area (Å²) in [7, 11) is 0. The number of imidazole rings is 1. The first-order valence-corrected chi connectivity index (χ1v) is 9.76. The molecule has 0 radical (unpaired) electrons. The minimum Gasteiger partial charge on any atom is -0.341 e. The van der Waals surface area contributed by atoms with Gasteiger partial charge in [-0.2, -0.15) is 0 Å². The van der Waals surface area contributed by atoms with Gasteiger partial charge in [-0.3, -0.25) is 4.79 Å². The predicted octanol–water partition coefficient (Wildman–Crippen LogP) is 5.59. The maximum absolute atomic E-state index is 13.2. The van der Waals surface area contributed by atoms with E-state index in [-0.39, 0.29) is 5.78 Å². The highest BCUT2D eigenvalue weighted by molar-refractivity contribution is 6.16. The molecule has 4 aromatic rings. The molecule has 3 heteroatoms. The smallest absolute Gasteiger partial charge is 0.195 e. The van der Waals surface area contributed by atoms with Gasteiger partial charge in [0.15, 0.2) is 5.78 Å². The number of carbonyl (C=O) groups excluding carboxylic acids is 1. The molecule has 4 rings (SSSR count). The van der Waals surface area contributed by atoms with E-state index in [4.69, 9.17) is 4.98 Å². The topological polar surface area (TPSA) is 45.8 Å². The summed E-state index contributed by atoms with van der Waals surface area (Å²) in [5.74, 6) is 0.990. The van der Waals surface area contributed by atoms with Gasteiger partial charge in [-0.1, -0.05) is 60.7 Å². The third kappa shape index (κ3) is 3.61. The molecule has 1 aromatic heterocycles. The molecule has 1 heterocycles. The van der Waals surface area contributed by atoms with E-state index in [2.05, 4.69) is 35.3 Å². The van der Waals surface area contributed by atoms with Crippen LogP contribution in [0.3, 0.4) is 0 Å². The molecule has 28 heavy (non-hydrogen) atoms. The number of aromatic amines is 1. The van der Waals surface area contributed by atoms with Crippen LogP contribution in [0.4, 0.5) is 0 Å². The van der Waals surface area contributed by atoms with Gasteiger partial charge in [0.2, 0.25) is 0 Å². The highest BCUT2D eigenvalue weighted by atomic mass is 16.1. The zero-order chi connectivity index (χ0) is 19.5. The van der Waals surface area contributed by atoms with Gasteiger partial charge in [0, 0.05) is 12.0 Å². The molecule has 0 aliphatic heterocycles. The molecule has 140 valence electrons. The number of carbonyl (C=O) groups is 1. The Kier molecular flexibility index (Phi) is 5.07. The Balaban J connectivity index is 1.64. The summed E-state index contributed by atoms with van der Waals surface area (Å²) in [6.07, 6.45) is 2.90. The van der Waals surface area contributed by atoms with E-state index in [0.717, 1.165) is 52.8 Å². The van der Waals surface area contributed by atoms with Crippen LogP contribution < -0.4 is 0 Å². The van der Waals surface area contributed by atoms with Crippen LogP contribution in [0.15, 0.2) is 66.7 Å². The molecule has 0 amide bonds. The summed E-state index contributed by atoms with van der Waals surface area (Å²) in [6.45, 7) is 4.06. The molecule has 3 aromatic carbocycles. The molecule has 3 nitrogen and oxygen atoms in total. The molecule has 1 N–H and O–H groups in total. The van der Waals surface area contributed by atoms with Crippen molar-refractivity contribution in [2.24, 2.45) is 0 Å². The average Bonchev–Trinajstić information content (AvgIpc) is 3.12. The Labute approximate surface area is 165 Å². The molecular formula is C25H24N2O. The van der Waals surface area contributed by atoms with Crippen LogP contribution in [-0.4, -0.2) is 15.8 Å². The number of fused-ring (bicyclic) bond motifs is 1. The molecule has 0 spiro atoms. The number of hydrogen-bond acceptors (Lipinski definition) is 2. The summed E-state index contributed by atoms with van der Waals surface area (Å²) in [4.78, 5) is 21.4. The number of aromatic nitrogens is 2. The van der Waals surface area contributed by atoms with E-state index in [0.29, 0.717) is 5.56 Å². The monoisotopic (exact) mass is 368 g/mol. The lowest BCUT2D eigenvalue weighted by Crippen LogP contribution is -2.06. The maximum atomic E-state index is 13.2. The summed E-state index contributed by atoms with van der Waals surface area (Å²) in [6, 6.07) is 22.0. The zero-order valence-electron chi connectivity index (χ0n) is 16.3. The third-order valence-electron chi connectivity index (χ3n) is 5.34. The normalized spacial score (nSPS) is 11.1. The van der Waals surface area contributed by atoms with E-state index >= 15 is 0 Å². The molecular weight excluding hydrogens is 344 g/mol. The number of hydrogen-bond donors (Lipinski definition) is 1. The van der Waals surface area contributed by atoms with E-state index in [1.165, 1.54) is 5.56 Å². The van der Waals surface area contributed by atoms with Gasteiger partial charge < -0.3 is 4.98 Å². The number of ketones is 1. The van der Waals surface area contributed by atoms with Crippen LogP contribution in [0.25, 0.3) is 11.0 Å². The van der Waals surface area contributed by atoms with Crippen LogP contribution in [0.5, 0.6) is 0 Å². The number of rotatable bonds is 6. The van der Waals surface area contributed by atoms with Crippen LogP contribution in [0.1, 0.15) is 44.9 Å². The first kappa shape index (κ1) is 18.2. The minimum absolute atomic E-state index is 0.0475. The zero-order valence-corrected chi connectivity index (χ0v) is 16.3. The van der Waals surface area contributed by atoms with Crippen LogP contribution in [0, 0.1) is 13.8 Å². The fraction of sp³-hybridized carbons (Fsp3) is 0.200. The fourth-order valence-electron chi connectivity index (χ4n) is 3.67. The van der Waals surface area contributed by atoms with Crippen molar-refractivity contribution in [2.45, 2.75) is 33.1 Å². The lowest BCUT2D eigenvalue weighted by atomic mass is 9.94. The second-order valence-corrected chi connectivity index (χ2v) is 7.31. The third-order valence-corrected chi connectivity index (χ3v) is 5.34. The Hall–Kier alpha value is -3.20. The standard InChI is InChI=1S/C25H24N2O/c1-17-16-21-24(23(18(17)2)25(28)20-13-7-4-8-14-20)27-22(26-21)15-9-12-19-10-5-3-6-11-19/h3-8,10-11,13-14,16H,9,12,15H2,1-2H3,(H,26,27). The average molecular weight is 368 g/mol. The molecule has 0 aliphatic carbocycles. The van der Waals surface area contributed by atoms with Crippen molar-refractivity contribution in [1.82, 2.24) is 9.97 Å². The summed E-state index contributed by atoms with van der Waals surface area (Å²) in [5, 5.41) is 0. The number of nitrogens with one attached hydrogen (secondary N) is 1. The van der Waals surface area contributed by atoms with Gasteiger partial charge in [-0.25, -0.2) is 4.98 Å². The van der Waals surface area contributed by atoms with Crippen molar-refractivity contribution in [3.8, 4) is 0 Å². The first-order valence-electron chi connectivity index (χ1n) is 9.76. The Morgan fingerprint density at radius 2 is 1.61 bits per heavy atom. The van der Waals surface area contributed by atoms with Crippen molar-refractivity contribution in [2.75, 3.05) is 0 Å². The molecule has 0 saturated heterocycles. The molecule has 0 fully saturated rings. The summed E-state index contributed by atoms with van der Waals surface area (Å²) < 4.78 is 0. The van der Waals surface area contributed by atoms with Gasteiger partial charge in [-0.05, 0) is 49.4 Å². The highest BCUT2D eigenvalue weighted by Crippen LogP contribution is 2.26. The van der Waals surface area contributed by atoms with E-state index < -0.39 is 0 Å². The van der Waals surface area contributed by atoms with Gasteiger partial charge in [-0.15, -0.1) is 0 Å². The van der Waals surface area contributed by atoms with Gasteiger partial charge in [0.05, 0.1) is 16.6 Å². The van der Waals surface area contributed by atoms with Gasteiger partial charge >= 0.3 is 0 Å².